The van der Waals surface area contributed by atoms with Gasteiger partial charge in [0.1, 0.15) is 12.9 Å². The first-order valence-corrected chi connectivity index (χ1v) is 6.65. The number of hydrogen-bond donors (Lipinski definition) is 0. The van der Waals surface area contributed by atoms with E-state index in [0.29, 0.717) is 12.8 Å². The van der Waals surface area contributed by atoms with Crippen LogP contribution in [-0.4, -0.2) is 22.7 Å². The van der Waals surface area contributed by atoms with E-state index in [9.17, 15) is 9.59 Å². The molecule has 0 aromatic carbocycles. The Morgan fingerprint density at radius 3 is 2.24 bits per heavy atom. The van der Waals surface area contributed by atoms with E-state index in [0.717, 1.165) is 19.1 Å². The number of carbonyl (C=O) groups excluding carboxylic acids is 2. The SMILES string of the molecule is CCCCC(C=O)(CC)COC(=O)C(Cl)(Cl)Cl. The van der Waals surface area contributed by atoms with E-state index in [-0.39, 0.29) is 6.61 Å². The molecule has 0 aliphatic carbocycles. The van der Waals surface area contributed by atoms with Crippen molar-refractivity contribution in [2.75, 3.05) is 6.61 Å². The zero-order valence-electron chi connectivity index (χ0n) is 9.97. The van der Waals surface area contributed by atoms with Gasteiger partial charge in [-0.25, -0.2) is 4.79 Å². The number of rotatable bonds is 7. The Morgan fingerprint density at radius 1 is 1.29 bits per heavy atom. The second-order valence-corrected chi connectivity index (χ2v) is 6.29. The summed E-state index contributed by atoms with van der Waals surface area (Å²) in [5, 5.41) is 0. The van der Waals surface area contributed by atoms with Gasteiger partial charge in [-0.3, -0.25) is 0 Å². The Morgan fingerprint density at radius 2 is 1.88 bits per heavy atom. The fraction of sp³-hybridized carbons (Fsp3) is 0.818. The van der Waals surface area contributed by atoms with Crippen molar-refractivity contribution in [3.05, 3.63) is 0 Å². The molecule has 0 aliphatic rings. The van der Waals surface area contributed by atoms with Crippen molar-refractivity contribution < 1.29 is 14.3 Å². The zero-order chi connectivity index (χ0) is 13.5. The Bertz CT molecular complexity index is 263. The van der Waals surface area contributed by atoms with Crippen LogP contribution in [0.25, 0.3) is 0 Å². The topological polar surface area (TPSA) is 43.4 Å². The monoisotopic (exact) mass is 302 g/mol. The van der Waals surface area contributed by atoms with E-state index in [1.54, 1.807) is 0 Å². The molecule has 3 nitrogen and oxygen atoms in total. The molecule has 0 bridgehead atoms. The number of unbranched alkanes of at least 4 members (excludes halogenated alkanes) is 1. The average molecular weight is 304 g/mol. The van der Waals surface area contributed by atoms with Crippen molar-refractivity contribution in [1.29, 1.82) is 0 Å². The fourth-order valence-electron chi connectivity index (χ4n) is 1.35. The molecule has 1 atom stereocenters. The lowest BCUT2D eigenvalue weighted by Gasteiger charge is -2.26. The van der Waals surface area contributed by atoms with E-state index >= 15 is 0 Å². The van der Waals surface area contributed by atoms with Crippen LogP contribution in [-0.2, 0) is 14.3 Å². The van der Waals surface area contributed by atoms with Crippen LogP contribution < -0.4 is 0 Å². The Hall–Kier alpha value is 0.01000. The third-order valence-electron chi connectivity index (χ3n) is 2.70. The lowest BCUT2D eigenvalue weighted by atomic mass is 9.82. The summed E-state index contributed by atoms with van der Waals surface area (Å²) in [6, 6.07) is 0. The molecule has 0 saturated carbocycles. The van der Waals surface area contributed by atoms with Gasteiger partial charge in [-0.15, -0.1) is 0 Å². The number of alkyl halides is 3. The van der Waals surface area contributed by atoms with Crippen molar-refractivity contribution >= 4 is 47.1 Å². The summed E-state index contributed by atoms with van der Waals surface area (Å²) in [6.07, 6.45) is 3.93. The van der Waals surface area contributed by atoms with Crippen LogP contribution in [0.4, 0.5) is 0 Å². The number of hydrogen-bond acceptors (Lipinski definition) is 3. The quantitative estimate of drug-likeness (QED) is 0.409. The molecule has 0 aromatic heterocycles. The fourth-order valence-corrected chi connectivity index (χ4v) is 1.51. The molecule has 1 unspecified atom stereocenters. The van der Waals surface area contributed by atoms with E-state index in [1.165, 1.54) is 0 Å². The molecule has 0 fully saturated rings. The van der Waals surface area contributed by atoms with Crippen molar-refractivity contribution in [1.82, 2.24) is 0 Å². The van der Waals surface area contributed by atoms with Crippen molar-refractivity contribution in [3.8, 4) is 0 Å². The largest absolute Gasteiger partial charge is 0.461 e. The molecule has 0 rings (SSSR count). The lowest BCUT2D eigenvalue weighted by molar-refractivity contribution is -0.147. The van der Waals surface area contributed by atoms with Gasteiger partial charge in [-0.05, 0) is 12.8 Å². The third-order valence-corrected chi connectivity index (χ3v) is 3.17. The van der Waals surface area contributed by atoms with E-state index in [1.807, 2.05) is 13.8 Å². The summed E-state index contributed by atoms with van der Waals surface area (Å²) in [4.78, 5) is 22.4. The molecule has 0 amide bonds. The van der Waals surface area contributed by atoms with Crippen molar-refractivity contribution in [2.45, 2.75) is 43.3 Å². The second-order valence-electron chi connectivity index (χ2n) is 4.01. The van der Waals surface area contributed by atoms with E-state index in [4.69, 9.17) is 39.5 Å². The van der Waals surface area contributed by atoms with E-state index < -0.39 is 15.2 Å². The molecule has 0 aliphatic heterocycles. The van der Waals surface area contributed by atoms with Gasteiger partial charge in [0.25, 0.3) is 3.79 Å². The zero-order valence-corrected chi connectivity index (χ0v) is 12.2. The first kappa shape index (κ1) is 17.0. The van der Waals surface area contributed by atoms with E-state index in [2.05, 4.69) is 0 Å². The van der Waals surface area contributed by atoms with Crippen LogP contribution >= 0.6 is 34.8 Å². The number of aldehydes is 1. The van der Waals surface area contributed by atoms with Gasteiger partial charge in [-0.1, -0.05) is 61.5 Å². The normalized spacial score (nSPS) is 15.1. The molecular weight excluding hydrogens is 286 g/mol. The summed E-state index contributed by atoms with van der Waals surface area (Å²) in [6.45, 7) is 3.85. The summed E-state index contributed by atoms with van der Waals surface area (Å²) >= 11 is 16.1. The van der Waals surface area contributed by atoms with Gasteiger partial charge >= 0.3 is 5.97 Å². The molecule has 0 heterocycles. The molecular formula is C11H17Cl3O3. The highest BCUT2D eigenvalue weighted by atomic mass is 35.6. The molecule has 0 spiro atoms. The van der Waals surface area contributed by atoms with Crippen molar-refractivity contribution in [3.63, 3.8) is 0 Å². The van der Waals surface area contributed by atoms with Crippen LogP contribution in [0.2, 0.25) is 0 Å². The maximum Gasteiger partial charge on any atom is 0.358 e. The van der Waals surface area contributed by atoms with Gasteiger partial charge in [-0.2, -0.15) is 0 Å². The summed E-state index contributed by atoms with van der Waals surface area (Å²) in [5.74, 6) is -0.946. The van der Waals surface area contributed by atoms with Gasteiger partial charge < -0.3 is 9.53 Å². The van der Waals surface area contributed by atoms with Gasteiger partial charge in [0.05, 0.1) is 5.41 Å². The Labute approximate surface area is 117 Å². The first-order chi connectivity index (χ1) is 7.81. The van der Waals surface area contributed by atoms with Gasteiger partial charge in [0.2, 0.25) is 0 Å². The van der Waals surface area contributed by atoms with Gasteiger partial charge in [0.15, 0.2) is 0 Å². The number of ether oxygens (including phenoxy) is 1. The highest BCUT2D eigenvalue weighted by Gasteiger charge is 2.36. The van der Waals surface area contributed by atoms with Crippen LogP contribution in [0.3, 0.4) is 0 Å². The second kappa shape index (κ2) is 7.45. The minimum absolute atomic E-state index is 0.0419. The lowest BCUT2D eigenvalue weighted by Crippen LogP contribution is -2.32. The van der Waals surface area contributed by atoms with Crippen LogP contribution in [0.1, 0.15) is 39.5 Å². The Balaban J connectivity index is 4.45. The highest BCUT2D eigenvalue weighted by molar-refractivity contribution is 6.75. The van der Waals surface area contributed by atoms with Crippen molar-refractivity contribution in [2.24, 2.45) is 5.41 Å². The smallest absolute Gasteiger partial charge is 0.358 e. The maximum absolute atomic E-state index is 11.3. The predicted molar refractivity (Wildman–Crippen MR) is 69.6 cm³/mol. The molecule has 0 aromatic rings. The molecule has 0 radical (unpaired) electrons. The summed E-state index contributed by atoms with van der Waals surface area (Å²) in [5.41, 5.74) is -0.665. The number of carbonyl (C=O) groups is 2. The van der Waals surface area contributed by atoms with Crippen LogP contribution in [0.5, 0.6) is 0 Å². The number of halogens is 3. The van der Waals surface area contributed by atoms with Crippen LogP contribution in [0.15, 0.2) is 0 Å². The minimum atomic E-state index is -2.09. The molecule has 6 heteroatoms. The first-order valence-electron chi connectivity index (χ1n) is 5.51. The molecule has 100 valence electrons. The molecule has 17 heavy (non-hydrogen) atoms. The molecule has 0 N–H and O–H groups in total. The predicted octanol–water partition coefficient (Wildman–Crippen LogP) is 3.69. The molecule has 0 saturated heterocycles. The summed E-state index contributed by atoms with van der Waals surface area (Å²) in [7, 11) is 0. The summed E-state index contributed by atoms with van der Waals surface area (Å²) < 4.78 is 2.79. The Kier molecular flexibility index (Phi) is 7.45. The minimum Gasteiger partial charge on any atom is -0.461 e. The number of esters is 1. The maximum atomic E-state index is 11.3. The standard InChI is InChI=1S/C11H17Cl3O3/c1-3-5-6-10(4-2,7-15)8-17-9(16)11(12,13)14/h7H,3-6,8H2,1-2H3. The van der Waals surface area contributed by atoms with Crippen LogP contribution in [0, 0.1) is 5.41 Å². The third kappa shape index (κ3) is 5.94. The average Bonchev–Trinajstić information content (AvgIpc) is 2.28. The van der Waals surface area contributed by atoms with Gasteiger partial charge in [0, 0.05) is 0 Å². The highest BCUT2D eigenvalue weighted by Crippen LogP contribution is 2.31.